The van der Waals surface area contributed by atoms with Gasteiger partial charge in [0.05, 0.1) is 38.8 Å². The van der Waals surface area contributed by atoms with Gasteiger partial charge >= 0.3 is 0 Å². The first kappa shape index (κ1) is 42.2. The molecule has 16 aromatic rings. The molecule has 7 nitrogen and oxygen atoms in total. The van der Waals surface area contributed by atoms with E-state index in [1.165, 1.54) is 10.8 Å². The van der Waals surface area contributed by atoms with Crippen LogP contribution < -0.4 is 0 Å². The Morgan fingerprint density at radius 1 is 0.276 bits per heavy atom. The van der Waals surface area contributed by atoms with Crippen molar-refractivity contribution in [3.8, 4) is 62.4 Å². The van der Waals surface area contributed by atoms with Crippen LogP contribution in [0.25, 0.3) is 150 Å². The maximum atomic E-state index is 7.25. The van der Waals surface area contributed by atoms with E-state index < -0.39 is 0 Å². The molecule has 0 unspecified atom stereocenters. The molecule has 0 saturated heterocycles. The molecule has 0 N–H and O–H groups in total. The quantitative estimate of drug-likeness (QED) is 0.160. The number of nitrogens with zero attached hydrogens (tertiary/aromatic N) is 6. The third kappa shape index (κ3) is 6.20. The molecule has 16 rings (SSSR count). The third-order valence-electron chi connectivity index (χ3n) is 15.3. The number of hydrogen-bond acceptors (Lipinski definition) is 4. The molecule has 0 amide bonds. The van der Waals surface area contributed by atoms with Gasteiger partial charge in [-0.05, 0) is 71.8 Å². The van der Waals surface area contributed by atoms with Crippen molar-refractivity contribution in [3.63, 3.8) is 0 Å². The summed E-state index contributed by atoms with van der Waals surface area (Å²) in [5.74, 6) is 1.74. The van der Waals surface area contributed by atoms with Gasteiger partial charge in [0.25, 0.3) is 0 Å². The van der Waals surface area contributed by atoms with Crippen LogP contribution in [0.5, 0.6) is 0 Å². The molecule has 0 radical (unpaired) electrons. The second-order valence-corrected chi connectivity index (χ2v) is 19.4. The highest BCUT2D eigenvalue weighted by Crippen LogP contribution is 2.51. The van der Waals surface area contributed by atoms with E-state index in [1.54, 1.807) is 0 Å². The van der Waals surface area contributed by atoms with Crippen molar-refractivity contribution in [2.45, 2.75) is 0 Å². The standard InChI is InChI=1S/C69H42N6O/c1-5-21-43(22-6-1)44-37-39-46(40-38-44)68-70-67(45-23-7-2-8-24-45)71-69(72-68)53-41-42-57(66-59(53)52-32-16-20-36-58(52)76-66)75-56-35-19-15-31-51(56)62-64-60(49-29-13-17-33-54(49)73(64)47-25-9-3-10-26-47)63-61(65(62)75)50-30-14-18-34-55(50)74(63)48-27-11-4-12-28-48/h1-42H. The third-order valence-corrected chi connectivity index (χ3v) is 15.3. The number of aromatic nitrogens is 6. The van der Waals surface area contributed by atoms with Crippen LogP contribution in [0.1, 0.15) is 0 Å². The molecule has 5 aromatic heterocycles. The lowest BCUT2D eigenvalue weighted by Gasteiger charge is -2.14. The second-order valence-electron chi connectivity index (χ2n) is 19.4. The Morgan fingerprint density at radius 3 is 1.20 bits per heavy atom. The highest BCUT2D eigenvalue weighted by atomic mass is 16.3. The van der Waals surface area contributed by atoms with Crippen molar-refractivity contribution < 1.29 is 4.42 Å². The Morgan fingerprint density at radius 2 is 0.658 bits per heavy atom. The Labute approximate surface area is 435 Å². The van der Waals surface area contributed by atoms with E-state index >= 15 is 0 Å². The lowest BCUT2D eigenvalue weighted by Crippen LogP contribution is -2.01. The second kappa shape index (κ2) is 16.6. The predicted octanol–water partition coefficient (Wildman–Crippen LogP) is 17.7. The lowest BCUT2D eigenvalue weighted by atomic mass is 10.0. The minimum atomic E-state index is 0.559. The summed E-state index contributed by atoms with van der Waals surface area (Å²) in [5, 5.41) is 8.92. The molecule has 5 heterocycles. The van der Waals surface area contributed by atoms with Crippen molar-refractivity contribution in [2.75, 3.05) is 0 Å². The predicted molar refractivity (Wildman–Crippen MR) is 312 cm³/mol. The first-order valence-corrected chi connectivity index (χ1v) is 25.7. The van der Waals surface area contributed by atoms with Crippen molar-refractivity contribution in [2.24, 2.45) is 0 Å². The summed E-state index contributed by atoms with van der Waals surface area (Å²) in [4.78, 5) is 15.8. The molecule has 0 saturated carbocycles. The Kier molecular flexibility index (Phi) is 9.20. The maximum Gasteiger partial charge on any atom is 0.164 e. The number of benzene rings is 11. The van der Waals surface area contributed by atoms with Gasteiger partial charge in [-0.25, -0.2) is 15.0 Å². The highest BCUT2D eigenvalue weighted by Gasteiger charge is 2.30. The molecular formula is C69H42N6O. The summed E-state index contributed by atoms with van der Waals surface area (Å²) in [6.07, 6.45) is 0. The average Bonchev–Trinajstić information content (AvgIpc) is 3.68. The molecule has 0 bridgehead atoms. The molecule has 0 aliphatic carbocycles. The summed E-state index contributed by atoms with van der Waals surface area (Å²) in [6.45, 7) is 0. The Hall–Kier alpha value is -10.4. The van der Waals surface area contributed by atoms with E-state index in [0.717, 1.165) is 121 Å². The van der Waals surface area contributed by atoms with Gasteiger partial charge in [-0.15, -0.1) is 0 Å². The van der Waals surface area contributed by atoms with Gasteiger partial charge < -0.3 is 18.1 Å². The van der Waals surface area contributed by atoms with E-state index in [1.807, 2.05) is 30.3 Å². The van der Waals surface area contributed by atoms with Crippen molar-refractivity contribution in [3.05, 3.63) is 255 Å². The van der Waals surface area contributed by atoms with Crippen molar-refractivity contribution in [1.82, 2.24) is 28.7 Å². The van der Waals surface area contributed by atoms with E-state index in [2.05, 4.69) is 238 Å². The first-order chi connectivity index (χ1) is 37.7. The molecule has 0 aliphatic heterocycles. The molecule has 0 atom stereocenters. The molecule has 0 fully saturated rings. The molecular weight excluding hydrogens is 929 g/mol. The van der Waals surface area contributed by atoms with Gasteiger partial charge in [0.1, 0.15) is 5.58 Å². The fourth-order valence-corrected chi connectivity index (χ4v) is 12.1. The Bertz CT molecular complexity index is 4890. The van der Waals surface area contributed by atoms with Gasteiger partial charge in [0, 0.05) is 71.2 Å². The maximum absolute atomic E-state index is 7.25. The van der Waals surface area contributed by atoms with Crippen LogP contribution >= 0.6 is 0 Å². The normalized spacial score (nSPS) is 11.9. The summed E-state index contributed by atoms with van der Waals surface area (Å²) in [6, 6.07) is 90.1. The molecule has 11 aromatic carbocycles. The van der Waals surface area contributed by atoms with Crippen molar-refractivity contribution in [1.29, 1.82) is 0 Å². The SMILES string of the molecule is c1ccc(-c2ccc(-c3nc(-c4ccccc4)nc(-c4ccc(-n5c6ccccc6c6c7c(c8ccccc8n7-c7ccccc7)c7c(c8ccccc8n7-c7ccccc7)c65)c5oc6ccccc6c45)n3)cc2)cc1. The van der Waals surface area contributed by atoms with Crippen LogP contribution in [0, 0.1) is 0 Å². The van der Waals surface area contributed by atoms with Crippen LogP contribution in [0.4, 0.5) is 0 Å². The number of hydrogen-bond donors (Lipinski definition) is 0. The minimum absolute atomic E-state index is 0.559. The summed E-state index contributed by atoms with van der Waals surface area (Å²) in [5.41, 5.74) is 16.3. The largest absolute Gasteiger partial charge is 0.454 e. The molecule has 0 aliphatic rings. The van der Waals surface area contributed by atoms with Gasteiger partial charge in [-0.1, -0.05) is 194 Å². The molecule has 0 spiro atoms. The van der Waals surface area contributed by atoms with Gasteiger partial charge in [0.2, 0.25) is 0 Å². The summed E-state index contributed by atoms with van der Waals surface area (Å²) < 4.78 is 14.7. The fraction of sp³-hybridized carbons (Fsp3) is 0. The lowest BCUT2D eigenvalue weighted by molar-refractivity contribution is 0.666. The van der Waals surface area contributed by atoms with Crippen LogP contribution in [0.15, 0.2) is 259 Å². The summed E-state index contributed by atoms with van der Waals surface area (Å²) in [7, 11) is 0. The van der Waals surface area contributed by atoms with Crippen LogP contribution in [-0.4, -0.2) is 28.7 Å². The van der Waals surface area contributed by atoms with Crippen LogP contribution in [-0.2, 0) is 0 Å². The molecule has 76 heavy (non-hydrogen) atoms. The van der Waals surface area contributed by atoms with E-state index in [9.17, 15) is 0 Å². The van der Waals surface area contributed by atoms with Crippen LogP contribution in [0.3, 0.4) is 0 Å². The topological polar surface area (TPSA) is 66.6 Å². The fourth-order valence-electron chi connectivity index (χ4n) is 12.1. The number of rotatable bonds is 7. The molecule has 7 heteroatoms. The number of furan rings is 1. The zero-order valence-corrected chi connectivity index (χ0v) is 40.8. The average molecular weight is 971 g/mol. The van der Waals surface area contributed by atoms with Gasteiger partial charge in [-0.3, -0.25) is 0 Å². The number of para-hydroxylation sites is 6. The molecule has 354 valence electrons. The van der Waals surface area contributed by atoms with E-state index in [-0.39, 0.29) is 0 Å². The van der Waals surface area contributed by atoms with Crippen LogP contribution in [0.2, 0.25) is 0 Å². The van der Waals surface area contributed by atoms with E-state index in [4.69, 9.17) is 19.4 Å². The summed E-state index contributed by atoms with van der Waals surface area (Å²) >= 11 is 0. The van der Waals surface area contributed by atoms with E-state index in [0.29, 0.717) is 17.5 Å². The van der Waals surface area contributed by atoms with Gasteiger partial charge in [0.15, 0.2) is 23.1 Å². The minimum Gasteiger partial charge on any atom is -0.454 e. The highest BCUT2D eigenvalue weighted by molar-refractivity contribution is 6.40. The van der Waals surface area contributed by atoms with Crippen molar-refractivity contribution >= 4 is 87.4 Å². The zero-order chi connectivity index (χ0) is 49.8. The Balaban J connectivity index is 1.05. The number of fused-ring (bicyclic) bond motifs is 15. The zero-order valence-electron chi connectivity index (χ0n) is 40.8. The first-order valence-electron chi connectivity index (χ1n) is 25.7. The van der Waals surface area contributed by atoms with Gasteiger partial charge in [-0.2, -0.15) is 0 Å². The smallest absolute Gasteiger partial charge is 0.164 e. The monoisotopic (exact) mass is 970 g/mol.